The molecule has 0 N–H and O–H groups in total. The molecular formula is C64H45N3. The van der Waals surface area contributed by atoms with Crippen molar-refractivity contribution >= 4 is 60.6 Å². The van der Waals surface area contributed by atoms with Crippen LogP contribution in [0.1, 0.15) is 47.6 Å². The Morgan fingerprint density at radius 2 is 0.940 bits per heavy atom. The third-order valence-corrected chi connectivity index (χ3v) is 14.1. The van der Waals surface area contributed by atoms with Crippen LogP contribution in [0, 0.1) is 0 Å². The first-order valence-electron chi connectivity index (χ1n) is 23.4. The van der Waals surface area contributed by atoms with Crippen molar-refractivity contribution in [1.82, 2.24) is 4.57 Å². The fraction of sp³-hybridized carbons (Fsp3) is 0.0625. The highest BCUT2D eigenvalue weighted by Crippen LogP contribution is 2.47. The van der Waals surface area contributed by atoms with Gasteiger partial charge in [-0.2, -0.15) is 0 Å². The van der Waals surface area contributed by atoms with Gasteiger partial charge in [-0.3, -0.25) is 0 Å². The zero-order valence-corrected chi connectivity index (χ0v) is 37.2. The van der Waals surface area contributed by atoms with Crippen molar-refractivity contribution in [2.45, 2.75) is 26.2 Å². The lowest BCUT2D eigenvalue weighted by Crippen LogP contribution is -2.14. The number of para-hydroxylation sites is 1. The maximum atomic E-state index is 5.81. The average molecular weight is 856 g/mol. The average Bonchev–Trinajstić information content (AvgIpc) is 3.91. The van der Waals surface area contributed by atoms with E-state index in [9.17, 15) is 0 Å². The molecular weight excluding hydrogens is 811 g/mol. The Hall–Kier alpha value is -8.40. The molecule has 0 saturated carbocycles. The Kier molecular flexibility index (Phi) is 9.28. The molecule has 316 valence electrons. The number of aliphatic imine (C=N–C) groups is 2. The Morgan fingerprint density at radius 1 is 0.388 bits per heavy atom. The molecule has 0 unspecified atom stereocenters. The summed E-state index contributed by atoms with van der Waals surface area (Å²) in [6.45, 7) is 2.26. The van der Waals surface area contributed by atoms with E-state index in [4.69, 9.17) is 9.98 Å². The fourth-order valence-corrected chi connectivity index (χ4v) is 10.7. The summed E-state index contributed by atoms with van der Waals surface area (Å²) < 4.78 is 2.53. The molecule has 1 aliphatic heterocycles. The Morgan fingerprint density at radius 3 is 1.63 bits per heavy atom. The summed E-state index contributed by atoms with van der Waals surface area (Å²) in [4.78, 5) is 11.6. The maximum Gasteiger partial charge on any atom is 0.162 e. The molecule has 0 amide bonds. The Labute approximate surface area is 390 Å². The molecule has 1 aliphatic carbocycles. The highest BCUT2D eigenvalue weighted by Gasteiger charge is 2.30. The number of nitrogens with zero attached hydrogens (tertiary/aromatic N) is 3. The van der Waals surface area contributed by atoms with Crippen molar-refractivity contribution in [2.24, 2.45) is 9.98 Å². The van der Waals surface area contributed by atoms with Crippen LogP contribution in [0.5, 0.6) is 0 Å². The summed E-state index contributed by atoms with van der Waals surface area (Å²) in [5, 5.41) is 7.39. The van der Waals surface area contributed by atoms with Gasteiger partial charge >= 0.3 is 0 Å². The summed E-state index contributed by atoms with van der Waals surface area (Å²) in [6, 6.07) is 79.7. The number of fused-ring (bicyclic) bond motifs is 8. The lowest BCUT2D eigenvalue weighted by molar-refractivity contribution is 1.00. The van der Waals surface area contributed by atoms with E-state index in [-0.39, 0.29) is 0 Å². The SMILES string of the molecule is C/C1=C(\c2ccc(-c3ccccc3)cc2)N=C(c2ccc3c(c2-n2c4ccccc4c4cc5ccccc5cc42)-c2cc4ccccc4cc2C3)N=C(c2ccc(-c3ccccc3)cc2)CC1. The lowest BCUT2D eigenvalue weighted by atomic mass is 9.94. The zero-order valence-electron chi connectivity index (χ0n) is 37.2. The van der Waals surface area contributed by atoms with Crippen LogP contribution in [0.3, 0.4) is 0 Å². The molecule has 0 atom stereocenters. The third kappa shape index (κ3) is 6.73. The monoisotopic (exact) mass is 855 g/mol. The predicted molar refractivity (Wildman–Crippen MR) is 283 cm³/mol. The van der Waals surface area contributed by atoms with E-state index in [2.05, 4.69) is 230 Å². The molecule has 10 aromatic carbocycles. The van der Waals surface area contributed by atoms with Gasteiger partial charge in [0.15, 0.2) is 5.84 Å². The third-order valence-electron chi connectivity index (χ3n) is 14.1. The van der Waals surface area contributed by atoms with Crippen molar-refractivity contribution < 1.29 is 0 Å². The minimum Gasteiger partial charge on any atom is -0.308 e. The second-order valence-corrected chi connectivity index (χ2v) is 18.1. The van der Waals surface area contributed by atoms with Crippen LogP contribution in [0.4, 0.5) is 0 Å². The van der Waals surface area contributed by atoms with E-state index in [1.54, 1.807) is 0 Å². The molecule has 0 fully saturated rings. The van der Waals surface area contributed by atoms with Gasteiger partial charge in [-0.15, -0.1) is 0 Å². The summed E-state index contributed by atoms with van der Waals surface area (Å²) >= 11 is 0. The van der Waals surface area contributed by atoms with Gasteiger partial charge in [0.2, 0.25) is 0 Å². The molecule has 1 aromatic heterocycles. The van der Waals surface area contributed by atoms with E-state index in [0.717, 1.165) is 58.6 Å². The van der Waals surface area contributed by atoms with Crippen LogP contribution in [0.2, 0.25) is 0 Å². The normalized spacial score (nSPS) is 14.8. The van der Waals surface area contributed by atoms with Crippen molar-refractivity contribution in [1.29, 1.82) is 0 Å². The topological polar surface area (TPSA) is 29.6 Å². The maximum absolute atomic E-state index is 5.81. The summed E-state index contributed by atoms with van der Waals surface area (Å²) in [7, 11) is 0. The molecule has 0 spiro atoms. The molecule has 67 heavy (non-hydrogen) atoms. The quantitative estimate of drug-likeness (QED) is 0.159. The van der Waals surface area contributed by atoms with Gasteiger partial charge in [-0.1, -0.05) is 188 Å². The van der Waals surface area contributed by atoms with Gasteiger partial charge in [-0.25, -0.2) is 9.98 Å². The van der Waals surface area contributed by atoms with E-state index >= 15 is 0 Å². The summed E-state index contributed by atoms with van der Waals surface area (Å²) in [5.41, 5.74) is 19.8. The second-order valence-electron chi connectivity index (χ2n) is 18.1. The number of hydrogen-bond acceptors (Lipinski definition) is 2. The minimum absolute atomic E-state index is 0.710. The van der Waals surface area contributed by atoms with E-state index < -0.39 is 0 Å². The molecule has 0 bridgehead atoms. The van der Waals surface area contributed by atoms with Crippen LogP contribution in [0.25, 0.3) is 88.1 Å². The van der Waals surface area contributed by atoms with Gasteiger partial charge in [0.05, 0.1) is 28.1 Å². The smallest absolute Gasteiger partial charge is 0.162 e. The van der Waals surface area contributed by atoms with Gasteiger partial charge in [0.25, 0.3) is 0 Å². The van der Waals surface area contributed by atoms with Crippen LogP contribution in [-0.2, 0) is 6.42 Å². The van der Waals surface area contributed by atoms with Crippen LogP contribution < -0.4 is 0 Å². The standard InChI is InChI=1S/C64H45N3/c1-41-24-35-58(46-29-25-44(26-30-46)42-14-4-2-5-15-42)65-64(66-62(41)47-31-27-45(28-32-47)43-16-6-3-7-17-43)55-34-33-52-37-53-36-48-18-8-9-19-49(48)38-56(53)61(52)63(55)67-59-23-13-12-22-54(59)57-39-50-20-10-11-21-51(50)40-60(57)67/h2-23,25-34,36,38-40H,24,35,37H2,1H3/b62-41-,65-58?,66-64?. The zero-order chi connectivity index (χ0) is 44.4. The number of amidine groups is 1. The van der Waals surface area contributed by atoms with Crippen LogP contribution in [-0.4, -0.2) is 16.1 Å². The molecule has 2 aliphatic rings. The number of allylic oxidation sites excluding steroid dienone is 1. The molecule has 0 radical (unpaired) electrons. The molecule has 3 heteroatoms. The molecule has 2 heterocycles. The number of aromatic nitrogens is 1. The number of rotatable bonds is 6. The van der Waals surface area contributed by atoms with Gasteiger partial charge in [-0.05, 0) is 128 Å². The van der Waals surface area contributed by atoms with Crippen molar-refractivity contribution in [3.05, 3.63) is 252 Å². The highest BCUT2D eigenvalue weighted by molar-refractivity contribution is 6.19. The second kappa shape index (κ2) is 15.9. The van der Waals surface area contributed by atoms with Crippen LogP contribution >= 0.6 is 0 Å². The van der Waals surface area contributed by atoms with Gasteiger partial charge in [0.1, 0.15) is 0 Å². The molecule has 13 rings (SSSR count). The van der Waals surface area contributed by atoms with Crippen molar-refractivity contribution in [2.75, 3.05) is 0 Å². The Bertz CT molecular complexity index is 3850. The first kappa shape index (κ1) is 39.0. The van der Waals surface area contributed by atoms with E-state index in [0.29, 0.717) is 5.84 Å². The Balaban J connectivity index is 1.10. The number of hydrogen-bond donors (Lipinski definition) is 0. The number of benzene rings is 10. The largest absolute Gasteiger partial charge is 0.308 e. The van der Waals surface area contributed by atoms with Crippen molar-refractivity contribution in [3.63, 3.8) is 0 Å². The van der Waals surface area contributed by atoms with Gasteiger partial charge in [0, 0.05) is 27.5 Å². The minimum atomic E-state index is 0.710. The first-order valence-corrected chi connectivity index (χ1v) is 23.4. The predicted octanol–water partition coefficient (Wildman–Crippen LogP) is 16.5. The van der Waals surface area contributed by atoms with Crippen LogP contribution in [0.15, 0.2) is 234 Å². The highest BCUT2D eigenvalue weighted by atomic mass is 15.0. The van der Waals surface area contributed by atoms with E-state index in [1.807, 2.05) is 0 Å². The molecule has 0 saturated heterocycles. The molecule has 11 aromatic rings. The lowest BCUT2D eigenvalue weighted by Gasteiger charge is -2.21. The van der Waals surface area contributed by atoms with Gasteiger partial charge < -0.3 is 4.57 Å². The summed E-state index contributed by atoms with van der Waals surface area (Å²) in [5.74, 6) is 0.710. The van der Waals surface area contributed by atoms with E-state index in [1.165, 1.54) is 87.9 Å². The van der Waals surface area contributed by atoms with Crippen molar-refractivity contribution in [3.8, 4) is 39.1 Å². The molecule has 3 nitrogen and oxygen atoms in total. The fourth-order valence-electron chi connectivity index (χ4n) is 10.7. The first-order chi connectivity index (χ1) is 33.1. The summed E-state index contributed by atoms with van der Waals surface area (Å²) in [6.07, 6.45) is 2.47.